The first-order valence-electron chi connectivity index (χ1n) is 6.58. The van der Waals surface area contributed by atoms with Gasteiger partial charge in [-0.15, -0.1) is 0 Å². The van der Waals surface area contributed by atoms with Crippen LogP contribution < -0.4 is 10.5 Å². The Bertz CT molecular complexity index is 403. The van der Waals surface area contributed by atoms with E-state index in [2.05, 4.69) is 5.10 Å². The van der Waals surface area contributed by atoms with Crippen molar-refractivity contribution in [2.45, 2.75) is 39.2 Å². The van der Waals surface area contributed by atoms with Gasteiger partial charge >= 0.3 is 0 Å². The third-order valence-corrected chi connectivity index (χ3v) is 3.05. The van der Waals surface area contributed by atoms with Gasteiger partial charge in [0.25, 0.3) is 5.56 Å². The summed E-state index contributed by atoms with van der Waals surface area (Å²) in [5.41, 5.74) is 0.814. The first kappa shape index (κ1) is 14.7. The maximum atomic E-state index is 11.8. The Hall–Kier alpha value is -1.36. The summed E-state index contributed by atoms with van der Waals surface area (Å²) < 4.78 is 1.51. The lowest BCUT2D eigenvalue weighted by Gasteiger charge is -2.16. The topological polar surface area (TPSA) is 58.4 Å². The Morgan fingerprint density at radius 1 is 1.33 bits per heavy atom. The third kappa shape index (κ3) is 4.49. The standard InChI is InChI=1S/C13H23N3O2/c1-3-15(2)12-10-13(18)16(14-11-12)8-6-4-5-7-9-17/h10-11,17H,3-9H2,1-2H3. The molecule has 102 valence electrons. The first-order valence-corrected chi connectivity index (χ1v) is 6.58. The second-order valence-electron chi connectivity index (χ2n) is 4.43. The van der Waals surface area contributed by atoms with Gasteiger partial charge in [-0.3, -0.25) is 4.79 Å². The Balaban J connectivity index is 2.50. The van der Waals surface area contributed by atoms with E-state index >= 15 is 0 Å². The van der Waals surface area contributed by atoms with Crippen molar-refractivity contribution in [3.63, 3.8) is 0 Å². The van der Waals surface area contributed by atoms with Crippen LogP contribution in [0.2, 0.25) is 0 Å². The molecule has 0 spiro atoms. The molecule has 1 N–H and O–H groups in total. The monoisotopic (exact) mass is 253 g/mol. The molecule has 0 aliphatic rings. The summed E-state index contributed by atoms with van der Waals surface area (Å²) in [6.07, 6.45) is 5.52. The van der Waals surface area contributed by atoms with Crippen LogP contribution in [-0.4, -0.2) is 35.1 Å². The van der Waals surface area contributed by atoms with Crippen LogP contribution in [0.5, 0.6) is 0 Å². The summed E-state index contributed by atoms with van der Waals surface area (Å²) in [5, 5.41) is 12.8. The number of anilines is 1. The molecule has 18 heavy (non-hydrogen) atoms. The minimum Gasteiger partial charge on any atom is -0.396 e. The fourth-order valence-electron chi connectivity index (χ4n) is 1.71. The molecule has 0 bridgehead atoms. The van der Waals surface area contributed by atoms with Crippen LogP contribution in [-0.2, 0) is 6.54 Å². The van der Waals surface area contributed by atoms with Gasteiger partial charge in [0.05, 0.1) is 11.9 Å². The van der Waals surface area contributed by atoms with E-state index < -0.39 is 0 Å². The van der Waals surface area contributed by atoms with Gasteiger partial charge in [-0.25, -0.2) is 4.68 Å². The van der Waals surface area contributed by atoms with E-state index in [9.17, 15) is 4.79 Å². The number of unbranched alkanes of at least 4 members (excludes halogenated alkanes) is 3. The average Bonchev–Trinajstić information content (AvgIpc) is 2.39. The molecule has 1 aromatic heterocycles. The van der Waals surface area contributed by atoms with Gasteiger partial charge < -0.3 is 10.0 Å². The highest BCUT2D eigenvalue weighted by atomic mass is 16.2. The molecule has 1 rings (SSSR count). The zero-order valence-electron chi connectivity index (χ0n) is 11.3. The van der Waals surface area contributed by atoms with Crippen LogP contribution in [0.25, 0.3) is 0 Å². The van der Waals surface area contributed by atoms with E-state index in [1.165, 1.54) is 4.68 Å². The number of aliphatic hydroxyl groups is 1. The molecule has 0 radical (unpaired) electrons. The van der Waals surface area contributed by atoms with Crippen molar-refractivity contribution in [2.75, 3.05) is 25.1 Å². The minimum absolute atomic E-state index is 0.0463. The molecule has 0 aromatic carbocycles. The summed E-state index contributed by atoms with van der Waals surface area (Å²) in [6, 6.07) is 1.63. The quantitative estimate of drug-likeness (QED) is 0.708. The summed E-state index contributed by atoms with van der Waals surface area (Å²) in [5.74, 6) is 0. The lowest BCUT2D eigenvalue weighted by molar-refractivity contribution is 0.282. The lowest BCUT2D eigenvalue weighted by Crippen LogP contribution is -2.25. The molecular formula is C13H23N3O2. The van der Waals surface area contributed by atoms with Crippen molar-refractivity contribution in [1.82, 2.24) is 9.78 Å². The fraction of sp³-hybridized carbons (Fsp3) is 0.692. The summed E-state index contributed by atoms with van der Waals surface area (Å²) in [4.78, 5) is 13.8. The van der Waals surface area contributed by atoms with Gasteiger partial charge in [0.15, 0.2) is 0 Å². The van der Waals surface area contributed by atoms with Crippen molar-refractivity contribution < 1.29 is 5.11 Å². The molecule has 0 unspecified atom stereocenters. The van der Waals surface area contributed by atoms with Gasteiger partial charge in [-0.2, -0.15) is 5.10 Å². The highest BCUT2D eigenvalue weighted by molar-refractivity contribution is 5.41. The number of rotatable bonds is 8. The van der Waals surface area contributed by atoms with Crippen molar-refractivity contribution >= 4 is 5.69 Å². The molecule has 0 atom stereocenters. The van der Waals surface area contributed by atoms with Crippen LogP contribution in [0.1, 0.15) is 32.6 Å². The predicted octanol–water partition coefficient (Wildman–Crippen LogP) is 1.25. The van der Waals surface area contributed by atoms with Gasteiger partial charge in [0, 0.05) is 32.8 Å². The summed E-state index contributed by atoms with van der Waals surface area (Å²) >= 11 is 0. The van der Waals surface area contributed by atoms with E-state index in [-0.39, 0.29) is 12.2 Å². The van der Waals surface area contributed by atoms with Crippen LogP contribution >= 0.6 is 0 Å². The van der Waals surface area contributed by atoms with E-state index in [1.807, 2.05) is 18.9 Å². The summed E-state index contributed by atoms with van der Waals surface area (Å²) in [7, 11) is 1.94. The largest absolute Gasteiger partial charge is 0.396 e. The normalized spacial score (nSPS) is 10.6. The third-order valence-electron chi connectivity index (χ3n) is 3.05. The fourth-order valence-corrected chi connectivity index (χ4v) is 1.71. The number of aromatic nitrogens is 2. The van der Waals surface area contributed by atoms with Crippen LogP contribution in [0.3, 0.4) is 0 Å². The smallest absolute Gasteiger partial charge is 0.268 e. The van der Waals surface area contributed by atoms with Gasteiger partial charge in [-0.1, -0.05) is 12.8 Å². The van der Waals surface area contributed by atoms with Crippen molar-refractivity contribution in [3.8, 4) is 0 Å². The van der Waals surface area contributed by atoms with Crippen LogP contribution in [0.15, 0.2) is 17.1 Å². The first-order chi connectivity index (χ1) is 8.69. The second kappa shape index (κ2) is 7.87. The minimum atomic E-state index is -0.0463. The van der Waals surface area contributed by atoms with Crippen LogP contribution in [0, 0.1) is 0 Å². The van der Waals surface area contributed by atoms with Crippen molar-refractivity contribution in [2.24, 2.45) is 0 Å². The van der Waals surface area contributed by atoms with Crippen molar-refractivity contribution in [3.05, 3.63) is 22.6 Å². The van der Waals surface area contributed by atoms with Crippen molar-refractivity contribution in [1.29, 1.82) is 0 Å². The molecule has 5 nitrogen and oxygen atoms in total. The molecule has 1 aromatic rings. The molecule has 0 fully saturated rings. The SMILES string of the molecule is CCN(C)c1cnn(CCCCCCO)c(=O)c1. The van der Waals surface area contributed by atoms with E-state index in [4.69, 9.17) is 5.11 Å². The Morgan fingerprint density at radius 3 is 2.67 bits per heavy atom. The molecule has 0 saturated carbocycles. The Labute approximate surface area is 108 Å². The predicted molar refractivity (Wildman–Crippen MR) is 73.0 cm³/mol. The molecule has 5 heteroatoms. The molecule has 0 aliphatic carbocycles. The van der Waals surface area contributed by atoms with E-state index in [0.717, 1.165) is 37.9 Å². The van der Waals surface area contributed by atoms with Gasteiger partial charge in [0.2, 0.25) is 0 Å². The zero-order valence-corrected chi connectivity index (χ0v) is 11.3. The maximum Gasteiger partial charge on any atom is 0.268 e. The van der Waals surface area contributed by atoms with Crippen LogP contribution in [0.4, 0.5) is 5.69 Å². The molecule has 0 saturated heterocycles. The number of nitrogens with zero attached hydrogens (tertiary/aromatic N) is 3. The summed E-state index contributed by atoms with van der Waals surface area (Å²) in [6.45, 7) is 3.79. The van der Waals surface area contributed by atoms with Gasteiger partial charge in [-0.05, 0) is 19.8 Å². The highest BCUT2D eigenvalue weighted by Gasteiger charge is 2.02. The molecular weight excluding hydrogens is 230 g/mol. The van der Waals surface area contributed by atoms with E-state index in [1.54, 1.807) is 12.3 Å². The second-order valence-corrected chi connectivity index (χ2v) is 4.43. The zero-order chi connectivity index (χ0) is 13.4. The molecule has 0 amide bonds. The molecule has 1 heterocycles. The number of hydrogen-bond donors (Lipinski definition) is 1. The Morgan fingerprint density at radius 2 is 2.06 bits per heavy atom. The number of aliphatic hydroxyl groups excluding tert-OH is 1. The van der Waals surface area contributed by atoms with Gasteiger partial charge in [0.1, 0.15) is 0 Å². The van der Waals surface area contributed by atoms with E-state index in [0.29, 0.717) is 6.54 Å². The number of aryl methyl sites for hydroxylation is 1. The average molecular weight is 253 g/mol. The highest BCUT2D eigenvalue weighted by Crippen LogP contribution is 2.06. The molecule has 0 aliphatic heterocycles. The lowest BCUT2D eigenvalue weighted by atomic mass is 10.2. The number of hydrogen-bond acceptors (Lipinski definition) is 4. The maximum absolute atomic E-state index is 11.8. The Kier molecular flexibility index (Phi) is 6.43.